The van der Waals surface area contributed by atoms with Crippen molar-refractivity contribution in [2.75, 3.05) is 20.1 Å². The minimum absolute atomic E-state index is 0.0466. The Balaban J connectivity index is 2.33. The zero-order valence-corrected chi connectivity index (χ0v) is 7.78. The minimum atomic E-state index is -0.967. The van der Waals surface area contributed by atoms with Crippen molar-refractivity contribution < 1.29 is 14.7 Å². The molecule has 1 saturated heterocycles. The first-order valence-electron chi connectivity index (χ1n) is 4.24. The van der Waals surface area contributed by atoms with E-state index in [-0.39, 0.29) is 17.7 Å². The van der Waals surface area contributed by atoms with Crippen LogP contribution in [0.3, 0.4) is 0 Å². The molecule has 2 amide bonds. The van der Waals surface area contributed by atoms with Crippen LogP contribution in [0, 0.1) is 5.92 Å². The van der Waals surface area contributed by atoms with Gasteiger partial charge >= 0.3 is 0 Å². The minimum Gasteiger partial charge on any atom is -0.384 e. The SMILES string of the molecule is CNC(=O)C1CN(C(=O)[C@H](C)O)C1. The van der Waals surface area contributed by atoms with Gasteiger partial charge in [0.1, 0.15) is 6.10 Å². The molecule has 1 aliphatic heterocycles. The molecule has 0 bridgehead atoms. The molecular weight excluding hydrogens is 172 g/mol. The lowest BCUT2D eigenvalue weighted by molar-refractivity contribution is -0.149. The van der Waals surface area contributed by atoms with Gasteiger partial charge in [-0.25, -0.2) is 0 Å². The van der Waals surface area contributed by atoms with E-state index in [0.717, 1.165) is 0 Å². The summed E-state index contributed by atoms with van der Waals surface area (Å²) in [5.41, 5.74) is 0. The summed E-state index contributed by atoms with van der Waals surface area (Å²) >= 11 is 0. The van der Waals surface area contributed by atoms with Gasteiger partial charge in [0.25, 0.3) is 5.91 Å². The highest BCUT2D eigenvalue weighted by atomic mass is 16.3. The molecule has 0 aromatic carbocycles. The van der Waals surface area contributed by atoms with E-state index in [2.05, 4.69) is 5.32 Å². The normalized spacial score (nSPS) is 19.2. The number of hydrogen-bond donors (Lipinski definition) is 2. The van der Waals surface area contributed by atoms with Crippen LogP contribution in [-0.4, -0.2) is 48.1 Å². The van der Waals surface area contributed by atoms with E-state index in [4.69, 9.17) is 5.11 Å². The van der Waals surface area contributed by atoms with Gasteiger partial charge in [-0.3, -0.25) is 9.59 Å². The molecule has 1 aliphatic rings. The fourth-order valence-electron chi connectivity index (χ4n) is 1.29. The second kappa shape index (κ2) is 3.74. The summed E-state index contributed by atoms with van der Waals surface area (Å²) < 4.78 is 0. The molecule has 0 aromatic rings. The lowest BCUT2D eigenvalue weighted by Gasteiger charge is -2.38. The van der Waals surface area contributed by atoms with Crippen LogP contribution >= 0.6 is 0 Å². The number of hydrogen-bond acceptors (Lipinski definition) is 3. The van der Waals surface area contributed by atoms with Crippen LogP contribution < -0.4 is 5.32 Å². The van der Waals surface area contributed by atoms with Crippen LogP contribution in [0.25, 0.3) is 0 Å². The van der Waals surface area contributed by atoms with Crippen molar-refractivity contribution in [3.8, 4) is 0 Å². The molecule has 5 heteroatoms. The average Bonchev–Trinajstić information content (AvgIpc) is 2.00. The molecule has 1 heterocycles. The van der Waals surface area contributed by atoms with E-state index in [1.807, 2.05) is 0 Å². The quantitative estimate of drug-likeness (QED) is 0.555. The number of likely N-dealkylation sites (tertiary alicyclic amines) is 1. The van der Waals surface area contributed by atoms with Crippen LogP contribution in [0.4, 0.5) is 0 Å². The van der Waals surface area contributed by atoms with Crippen molar-refractivity contribution in [2.24, 2.45) is 5.92 Å². The average molecular weight is 186 g/mol. The van der Waals surface area contributed by atoms with Gasteiger partial charge in [0.05, 0.1) is 5.92 Å². The number of aliphatic hydroxyl groups is 1. The highest BCUT2D eigenvalue weighted by Crippen LogP contribution is 2.16. The molecule has 0 unspecified atom stereocenters. The second-order valence-corrected chi connectivity index (χ2v) is 3.23. The Morgan fingerprint density at radius 2 is 2.08 bits per heavy atom. The molecule has 1 atom stereocenters. The molecule has 1 rings (SSSR count). The third-order valence-corrected chi connectivity index (χ3v) is 2.17. The number of amides is 2. The van der Waals surface area contributed by atoms with Gasteiger partial charge in [-0.1, -0.05) is 0 Å². The summed E-state index contributed by atoms with van der Waals surface area (Å²) in [6.07, 6.45) is -0.967. The molecule has 0 aromatic heterocycles. The summed E-state index contributed by atoms with van der Waals surface area (Å²) in [6.45, 7) is 2.27. The Morgan fingerprint density at radius 3 is 2.46 bits per heavy atom. The summed E-state index contributed by atoms with van der Waals surface area (Å²) in [7, 11) is 1.57. The largest absolute Gasteiger partial charge is 0.384 e. The van der Waals surface area contributed by atoms with Crippen molar-refractivity contribution in [3.05, 3.63) is 0 Å². The molecule has 0 saturated carbocycles. The number of nitrogens with one attached hydrogen (secondary N) is 1. The Morgan fingerprint density at radius 1 is 1.54 bits per heavy atom. The van der Waals surface area contributed by atoms with Gasteiger partial charge in [0, 0.05) is 20.1 Å². The van der Waals surface area contributed by atoms with Crippen molar-refractivity contribution in [1.29, 1.82) is 0 Å². The highest BCUT2D eigenvalue weighted by molar-refractivity contribution is 5.85. The van der Waals surface area contributed by atoms with Crippen LogP contribution in [0.15, 0.2) is 0 Å². The van der Waals surface area contributed by atoms with Gasteiger partial charge in [-0.15, -0.1) is 0 Å². The standard InChI is InChI=1S/C8H14N2O3/c1-5(11)8(13)10-3-6(4-10)7(12)9-2/h5-6,11H,3-4H2,1-2H3,(H,9,12)/t5-/m0/s1. The number of nitrogens with zero attached hydrogens (tertiary/aromatic N) is 1. The van der Waals surface area contributed by atoms with Gasteiger partial charge in [0.15, 0.2) is 0 Å². The lowest BCUT2D eigenvalue weighted by atomic mass is 9.98. The maximum atomic E-state index is 11.1. The lowest BCUT2D eigenvalue weighted by Crippen LogP contribution is -2.57. The molecule has 0 aliphatic carbocycles. The van der Waals surface area contributed by atoms with E-state index >= 15 is 0 Å². The van der Waals surface area contributed by atoms with Crippen molar-refractivity contribution in [2.45, 2.75) is 13.0 Å². The maximum absolute atomic E-state index is 11.1. The molecule has 2 N–H and O–H groups in total. The van der Waals surface area contributed by atoms with Crippen molar-refractivity contribution >= 4 is 11.8 Å². The van der Waals surface area contributed by atoms with E-state index < -0.39 is 6.10 Å². The summed E-state index contributed by atoms with van der Waals surface area (Å²) in [5, 5.41) is 11.5. The fourth-order valence-corrected chi connectivity index (χ4v) is 1.29. The zero-order valence-electron chi connectivity index (χ0n) is 7.78. The predicted octanol–water partition coefficient (Wildman–Crippen LogP) is -1.43. The van der Waals surface area contributed by atoms with Crippen molar-refractivity contribution in [1.82, 2.24) is 10.2 Å². The highest BCUT2D eigenvalue weighted by Gasteiger charge is 2.36. The number of carbonyl (C=O) groups is 2. The Bertz CT molecular complexity index is 221. The Kier molecular flexibility index (Phi) is 2.87. The first-order valence-corrected chi connectivity index (χ1v) is 4.24. The third kappa shape index (κ3) is 1.98. The van der Waals surface area contributed by atoms with E-state index in [1.165, 1.54) is 11.8 Å². The third-order valence-electron chi connectivity index (χ3n) is 2.17. The molecular formula is C8H14N2O3. The number of aliphatic hydroxyl groups excluding tert-OH is 1. The van der Waals surface area contributed by atoms with Gasteiger partial charge in [0.2, 0.25) is 5.91 Å². The smallest absolute Gasteiger partial charge is 0.251 e. The van der Waals surface area contributed by atoms with Gasteiger partial charge < -0.3 is 15.3 Å². The number of rotatable bonds is 2. The molecule has 0 radical (unpaired) electrons. The second-order valence-electron chi connectivity index (χ2n) is 3.23. The first-order chi connectivity index (χ1) is 6.06. The topological polar surface area (TPSA) is 69.6 Å². The van der Waals surface area contributed by atoms with Gasteiger partial charge in [-0.05, 0) is 6.92 Å². The Labute approximate surface area is 76.7 Å². The first kappa shape index (κ1) is 9.98. The Hall–Kier alpha value is -1.10. The number of carbonyl (C=O) groups excluding carboxylic acids is 2. The molecule has 5 nitrogen and oxygen atoms in total. The monoisotopic (exact) mass is 186 g/mol. The molecule has 13 heavy (non-hydrogen) atoms. The zero-order chi connectivity index (χ0) is 10.0. The summed E-state index contributed by atoms with van der Waals surface area (Å²) in [4.78, 5) is 23.6. The van der Waals surface area contributed by atoms with E-state index in [1.54, 1.807) is 7.05 Å². The van der Waals surface area contributed by atoms with Crippen LogP contribution in [0.5, 0.6) is 0 Å². The molecule has 74 valence electrons. The van der Waals surface area contributed by atoms with Crippen molar-refractivity contribution in [3.63, 3.8) is 0 Å². The maximum Gasteiger partial charge on any atom is 0.251 e. The summed E-state index contributed by atoms with van der Waals surface area (Å²) in [6, 6.07) is 0. The van der Waals surface area contributed by atoms with Crippen LogP contribution in [0.2, 0.25) is 0 Å². The predicted molar refractivity (Wildman–Crippen MR) is 45.8 cm³/mol. The van der Waals surface area contributed by atoms with E-state index in [0.29, 0.717) is 13.1 Å². The van der Waals surface area contributed by atoms with Gasteiger partial charge in [-0.2, -0.15) is 0 Å². The molecule has 1 fully saturated rings. The fraction of sp³-hybridized carbons (Fsp3) is 0.750. The molecule has 0 spiro atoms. The van der Waals surface area contributed by atoms with Crippen LogP contribution in [-0.2, 0) is 9.59 Å². The van der Waals surface area contributed by atoms with Crippen LogP contribution in [0.1, 0.15) is 6.92 Å². The van der Waals surface area contributed by atoms with E-state index in [9.17, 15) is 9.59 Å². The summed E-state index contributed by atoms with van der Waals surface area (Å²) in [5.74, 6) is -0.456.